The number of aromatic nitrogens is 2. The second-order valence-corrected chi connectivity index (χ2v) is 2.82. The lowest BCUT2D eigenvalue weighted by Crippen LogP contribution is -1.98. The average molecular weight is 186 g/mol. The molecule has 1 aromatic rings. The first kappa shape index (κ1) is 8.79. The maximum atomic E-state index is 10.1. The van der Waals surface area contributed by atoms with Crippen molar-refractivity contribution in [3.63, 3.8) is 0 Å². The molecule has 2 N–H and O–H groups in total. The summed E-state index contributed by atoms with van der Waals surface area (Å²) in [7, 11) is 0. The van der Waals surface area contributed by atoms with Crippen LogP contribution >= 0.6 is 11.8 Å². The largest absolute Gasteiger partial charge is 0.493 e. The fourth-order valence-corrected chi connectivity index (χ4v) is 1.07. The van der Waals surface area contributed by atoms with Gasteiger partial charge in [-0.3, -0.25) is 4.79 Å². The van der Waals surface area contributed by atoms with Gasteiger partial charge in [-0.2, -0.15) is 4.98 Å². The topological polar surface area (TPSA) is 83.3 Å². The number of aliphatic carboxylic acids is 1. The lowest BCUT2D eigenvalue weighted by molar-refractivity contribution is -0.133. The Morgan fingerprint density at radius 2 is 2.42 bits per heavy atom. The maximum absolute atomic E-state index is 10.1. The van der Waals surface area contributed by atoms with E-state index in [2.05, 4.69) is 9.97 Å². The van der Waals surface area contributed by atoms with Crippen molar-refractivity contribution in [2.24, 2.45) is 0 Å². The number of hydrogen-bond acceptors (Lipinski definition) is 5. The van der Waals surface area contributed by atoms with Crippen molar-refractivity contribution in [2.45, 2.75) is 5.16 Å². The molecule has 0 aromatic carbocycles. The summed E-state index contributed by atoms with van der Waals surface area (Å²) < 4.78 is 0. The second kappa shape index (κ2) is 3.91. The molecule has 1 rings (SSSR count). The van der Waals surface area contributed by atoms with Crippen molar-refractivity contribution in [1.82, 2.24) is 9.97 Å². The van der Waals surface area contributed by atoms with Crippen LogP contribution in [-0.4, -0.2) is 31.9 Å². The van der Waals surface area contributed by atoms with Gasteiger partial charge in [0, 0.05) is 12.3 Å². The van der Waals surface area contributed by atoms with E-state index in [9.17, 15) is 4.79 Å². The normalized spacial score (nSPS) is 9.67. The fraction of sp³-hybridized carbons (Fsp3) is 0.167. The molecule has 0 bridgehead atoms. The van der Waals surface area contributed by atoms with E-state index in [1.165, 1.54) is 12.3 Å². The Labute approximate surface area is 72.5 Å². The van der Waals surface area contributed by atoms with E-state index in [0.29, 0.717) is 0 Å². The number of thioether (sulfide) groups is 1. The number of carboxylic acid groups (broad SMARTS) is 1. The molecule has 1 aromatic heterocycles. The molecule has 0 unspecified atom stereocenters. The number of carboxylic acids is 1. The van der Waals surface area contributed by atoms with Crippen LogP contribution in [0, 0.1) is 0 Å². The summed E-state index contributed by atoms with van der Waals surface area (Å²) in [5.41, 5.74) is 0. The van der Waals surface area contributed by atoms with Crippen molar-refractivity contribution in [3.8, 4) is 5.88 Å². The van der Waals surface area contributed by atoms with Crippen molar-refractivity contribution in [1.29, 1.82) is 0 Å². The lowest BCUT2D eigenvalue weighted by Gasteiger charge is -1.95. The van der Waals surface area contributed by atoms with Gasteiger partial charge >= 0.3 is 5.97 Å². The molecule has 0 aliphatic rings. The molecule has 6 heteroatoms. The van der Waals surface area contributed by atoms with Crippen LogP contribution in [0.5, 0.6) is 5.88 Å². The van der Waals surface area contributed by atoms with Crippen LogP contribution in [0.15, 0.2) is 17.4 Å². The molecule has 0 fully saturated rings. The van der Waals surface area contributed by atoms with E-state index in [1.54, 1.807) is 0 Å². The summed E-state index contributed by atoms with van der Waals surface area (Å²) >= 11 is 0.961. The summed E-state index contributed by atoms with van der Waals surface area (Å²) in [5.74, 6) is -1.20. The zero-order chi connectivity index (χ0) is 8.97. The third kappa shape index (κ3) is 2.75. The minimum Gasteiger partial charge on any atom is -0.493 e. The Morgan fingerprint density at radius 3 is 3.00 bits per heavy atom. The molecule has 0 saturated carbocycles. The number of rotatable bonds is 3. The van der Waals surface area contributed by atoms with Gasteiger partial charge in [0.05, 0.1) is 5.75 Å². The van der Waals surface area contributed by atoms with Crippen LogP contribution in [0.4, 0.5) is 0 Å². The van der Waals surface area contributed by atoms with Gasteiger partial charge in [0.25, 0.3) is 0 Å². The minimum atomic E-state index is -0.938. The highest BCUT2D eigenvalue weighted by atomic mass is 32.2. The van der Waals surface area contributed by atoms with E-state index < -0.39 is 5.97 Å². The SMILES string of the molecule is O=C(O)CSc1nccc(O)n1. The van der Waals surface area contributed by atoms with Crippen LogP contribution in [0.3, 0.4) is 0 Å². The molecule has 64 valence electrons. The summed E-state index contributed by atoms with van der Waals surface area (Å²) in [5, 5.41) is 17.4. The molecule has 0 atom stereocenters. The first-order valence-corrected chi connectivity index (χ1v) is 4.03. The van der Waals surface area contributed by atoms with Crippen LogP contribution in [-0.2, 0) is 4.79 Å². The Balaban J connectivity index is 2.57. The van der Waals surface area contributed by atoms with Gasteiger partial charge in [-0.05, 0) is 0 Å². The first-order chi connectivity index (χ1) is 5.68. The monoisotopic (exact) mass is 186 g/mol. The molecular formula is C6H6N2O3S. The van der Waals surface area contributed by atoms with E-state index in [-0.39, 0.29) is 16.8 Å². The van der Waals surface area contributed by atoms with Crippen molar-refractivity contribution < 1.29 is 15.0 Å². The predicted octanol–water partition coefficient (Wildman–Crippen LogP) is 0.359. The van der Waals surface area contributed by atoms with Gasteiger partial charge in [0.1, 0.15) is 0 Å². The lowest BCUT2D eigenvalue weighted by atomic mass is 10.6. The molecule has 0 saturated heterocycles. The molecule has 0 amide bonds. The van der Waals surface area contributed by atoms with Gasteiger partial charge in [0.15, 0.2) is 5.16 Å². The highest BCUT2D eigenvalue weighted by Gasteiger charge is 2.02. The third-order valence-corrected chi connectivity index (χ3v) is 1.79. The number of carbonyl (C=O) groups is 1. The molecule has 0 aliphatic carbocycles. The Hall–Kier alpha value is -1.30. The van der Waals surface area contributed by atoms with Crippen LogP contribution < -0.4 is 0 Å². The van der Waals surface area contributed by atoms with E-state index in [4.69, 9.17) is 10.2 Å². The molecule has 5 nitrogen and oxygen atoms in total. The standard InChI is InChI=1S/C6H6N2O3S/c9-4-1-2-7-6(8-4)12-3-5(10)11/h1-2H,3H2,(H,10,11)(H,7,8,9). The van der Waals surface area contributed by atoms with E-state index >= 15 is 0 Å². The number of aromatic hydroxyl groups is 1. The smallest absolute Gasteiger partial charge is 0.313 e. The molecule has 0 radical (unpaired) electrons. The molecule has 0 spiro atoms. The van der Waals surface area contributed by atoms with Gasteiger partial charge < -0.3 is 10.2 Å². The minimum absolute atomic E-state index is 0.108. The summed E-state index contributed by atoms with van der Waals surface area (Å²) in [6.45, 7) is 0. The molecular weight excluding hydrogens is 180 g/mol. The number of nitrogens with zero attached hydrogens (tertiary/aromatic N) is 2. The zero-order valence-corrected chi connectivity index (χ0v) is 6.78. The van der Waals surface area contributed by atoms with Gasteiger partial charge in [0.2, 0.25) is 5.88 Å². The highest BCUT2D eigenvalue weighted by Crippen LogP contribution is 2.13. The van der Waals surface area contributed by atoms with Crippen LogP contribution in [0.2, 0.25) is 0 Å². The summed E-state index contributed by atoms with van der Waals surface area (Å²) in [6, 6.07) is 1.32. The van der Waals surface area contributed by atoms with Gasteiger partial charge in [-0.1, -0.05) is 11.8 Å². The molecule has 0 aliphatic heterocycles. The third-order valence-electron chi connectivity index (χ3n) is 0.944. The van der Waals surface area contributed by atoms with E-state index in [1.807, 2.05) is 0 Å². The highest BCUT2D eigenvalue weighted by molar-refractivity contribution is 7.99. The van der Waals surface area contributed by atoms with Crippen molar-refractivity contribution in [2.75, 3.05) is 5.75 Å². The zero-order valence-electron chi connectivity index (χ0n) is 5.97. The van der Waals surface area contributed by atoms with Crippen molar-refractivity contribution in [3.05, 3.63) is 12.3 Å². The van der Waals surface area contributed by atoms with Crippen LogP contribution in [0.1, 0.15) is 0 Å². The first-order valence-electron chi connectivity index (χ1n) is 3.05. The van der Waals surface area contributed by atoms with Crippen LogP contribution in [0.25, 0.3) is 0 Å². The second-order valence-electron chi connectivity index (χ2n) is 1.88. The fourth-order valence-electron chi connectivity index (χ4n) is 0.528. The number of hydrogen-bond donors (Lipinski definition) is 2. The maximum Gasteiger partial charge on any atom is 0.313 e. The van der Waals surface area contributed by atoms with Crippen molar-refractivity contribution >= 4 is 17.7 Å². The Morgan fingerprint density at radius 1 is 1.67 bits per heavy atom. The molecule has 12 heavy (non-hydrogen) atoms. The Kier molecular flexibility index (Phi) is 2.87. The molecule has 1 heterocycles. The predicted molar refractivity (Wildman–Crippen MR) is 42.1 cm³/mol. The summed E-state index contributed by atoms with van der Waals surface area (Å²) in [4.78, 5) is 17.4. The van der Waals surface area contributed by atoms with E-state index in [0.717, 1.165) is 11.8 Å². The Bertz CT molecular complexity index is 292. The summed E-state index contributed by atoms with van der Waals surface area (Å²) in [6.07, 6.45) is 1.37. The quantitative estimate of drug-likeness (QED) is 0.523. The average Bonchev–Trinajstić information content (AvgIpc) is 2.01. The van der Waals surface area contributed by atoms with Gasteiger partial charge in [-0.25, -0.2) is 4.98 Å². The van der Waals surface area contributed by atoms with Gasteiger partial charge in [-0.15, -0.1) is 0 Å².